The third kappa shape index (κ3) is 4.24. The number of ether oxygens (including phenoxy) is 1. The number of hydrogen-bond donors (Lipinski definition) is 1. The summed E-state index contributed by atoms with van der Waals surface area (Å²) in [5.74, 6) is -0.741. The molecule has 130 valence electrons. The van der Waals surface area contributed by atoms with E-state index in [0.717, 1.165) is 5.56 Å². The number of nitrogens with one attached hydrogen (secondary N) is 1. The lowest BCUT2D eigenvalue weighted by Gasteiger charge is -2.20. The summed E-state index contributed by atoms with van der Waals surface area (Å²) in [6, 6.07) is 5.22. The van der Waals surface area contributed by atoms with Crippen LogP contribution >= 0.6 is 11.6 Å². The van der Waals surface area contributed by atoms with E-state index in [9.17, 15) is 14.4 Å². The Hall–Kier alpha value is -2.67. The third-order valence-corrected chi connectivity index (χ3v) is 4.11. The van der Waals surface area contributed by atoms with Crippen molar-refractivity contribution in [2.24, 2.45) is 10.9 Å². The molecule has 8 heteroatoms. The molecular weight excluding hydrogens is 346 g/mol. The Balaban J connectivity index is 1.56. The van der Waals surface area contributed by atoms with Gasteiger partial charge in [-0.3, -0.25) is 14.4 Å². The van der Waals surface area contributed by atoms with Gasteiger partial charge in [0.1, 0.15) is 5.75 Å². The van der Waals surface area contributed by atoms with Crippen molar-refractivity contribution in [1.29, 1.82) is 0 Å². The van der Waals surface area contributed by atoms with Gasteiger partial charge in [-0.2, -0.15) is 0 Å². The van der Waals surface area contributed by atoms with E-state index >= 15 is 0 Å². The molecule has 7 nitrogen and oxygen atoms in total. The first-order valence-electron chi connectivity index (χ1n) is 7.76. The molecule has 0 aromatic heterocycles. The summed E-state index contributed by atoms with van der Waals surface area (Å²) in [6.45, 7) is 0.936. The lowest BCUT2D eigenvalue weighted by Crippen LogP contribution is -2.41. The van der Waals surface area contributed by atoms with Crippen LogP contribution in [0.2, 0.25) is 5.02 Å². The smallest absolute Gasteiger partial charge is 0.269 e. The molecule has 0 fully saturated rings. The molecule has 3 amide bonds. The monoisotopic (exact) mass is 361 g/mol. The Morgan fingerprint density at radius 1 is 1.40 bits per heavy atom. The standard InChI is InChI=1S/C17H16ClN3O4/c18-13-2-3-14-12(7-13)9-21(16(23)10-25-14)6-5-19-17(24)11-1-4-15(22)20-8-11/h1-4,7-8,11H,5-6,9-10H2,(H,19,24). The van der Waals surface area contributed by atoms with Gasteiger partial charge < -0.3 is 15.0 Å². The van der Waals surface area contributed by atoms with Crippen LogP contribution in [0.15, 0.2) is 35.3 Å². The average molecular weight is 362 g/mol. The third-order valence-electron chi connectivity index (χ3n) is 3.88. The highest BCUT2D eigenvalue weighted by Crippen LogP contribution is 2.26. The topological polar surface area (TPSA) is 88.1 Å². The quantitative estimate of drug-likeness (QED) is 0.865. The SMILES string of the molecule is O=C1C=CC(C(=O)NCCN2Cc3cc(Cl)ccc3OCC2=O)C=N1. The first-order chi connectivity index (χ1) is 12.0. The fraction of sp³-hybridized carbons (Fsp3) is 0.294. The van der Waals surface area contributed by atoms with Crippen LogP contribution in [-0.4, -0.2) is 48.5 Å². The predicted molar refractivity (Wildman–Crippen MR) is 91.5 cm³/mol. The number of nitrogens with zero attached hydrogens (tertiary/aromatic N) is 2. The van der Waals surface area contributed by atoms with Crippen LogP contribution in [-0.2, 0) is 20.9 Å². The van der Waals surface area contributed by atoms with E-state index in [1.54, 1.807) is 23.1 Å². The second kappa shape index (κ2) is 7.48. The van der Waals surface area contributed by atoms with Crippen LogP contribution < -0.4 is 10.1 Å². The van der Waals surface area contributed by atoms with Crippen LogP contribution in [0.25, 0.3) is 0 Å². The number of hydrogen-bond acceptors (Lipinski definition) is 4. The van der Waals surface area contributed by atoms with Crippen LogP contribution in [0.4, 0.5) is 0 Å². The minimum atomic E-state index is -0.569. The predicted octanol–water partition coefficient (Wildman–Crippen LogP) is 0.961. The maximum Gasteiger partial charge on any atom is 0.269 e. The highest BCUT2D eigenvalue weighted by molar-refractivity contribution is 6.30. The molecule has 1 aromatic rings. The second-order valence-corrected chi connectivity index (χ2v) is 6.08. The zero-order chi connectivity index (χ0) is 17.8. The van der Waals surface area contributed by atoms with Gasteiger partial charge >= 0.3 is 0 Å². The van der Waals surface area contributed by atoms with Crippen molar-refractivity contribution in [3.8, 4) is 5.75 Å². The molecule has 2 heterocycles. The summed E-state index contributed by atoms with van der Waals surface area (Å²) in [6.07, 6.45) is 4.06. The number of carbonyl (C=O) groups excluding carboxylic acids is 3. The number of benzene rings is 1. The largest absolute Gasteiger partial charge is 0.483 e. The molecule has 0 radical (unpaired) electrons. The van der Waals surface area contributed by atoms with Crippen LogP contribution in [0.3, 0.4) is 0 Å². The first-order valence-corrected chi connectivity index (χ1v) is 8.14. The Morgan fingerprint density at radius 3 is 3.00 bits per heavy atom. The van der Waals surface area contributed by atoms with Gasteiger partial charge in [-0.15, -0.1) is 0 Å². The summed E-state index contributed by atoms with van der Waals surface area (Å²) in [5.41, 5.74) is 0.825. The second-order valence-electron chi connectivity index (χ2n) is 5.65. The summed E-state index contributed by atoms with van der Waals surface area (Å²) >= 11 is 6.00. The zero-order valence-electron chi connectivity index (χ0n) is 13.3. The van der Waals surface area contributed by atoms with E-state index < -0.39 is 5.92 Å². The Bertz CT molecular complexity index is 759. The van der Waals surface area contributed by atoms with Crippen molar-refractivity contribution in [3.05, 3.63) is 40.9 Å². The average Bonchev–Trinajstić information content (AvgIpc) is 2.74. The van der Waals surface area contributed by atoms with Crippen molar-refractivity contribution in [1.82, 2.24) is 10.2 Å². The maximum absolute atomic E-state index is 12.2. The maximum atomic E-state index is 12.2. The van der Waals surface area contributed by atoms with E-state index in [2.05, 4.69) is 10.3 Å². The van der Waals surface area contributed by atoms with Crippen molar-refractivity contribution >= 4 is 35.5 Å². The lowest BCUT2D eigenvalue weighted by molar-refractivity contribution is -0.133. The van der Waals surface area contributed by atoms with Crippen LogP contribution in [0.1, 0.15) is 5.56 Å². The van der Waals surface area contributed by atoms with Gasteiger partial charge in [-0.1, -0.05) is 17.7 Å². The molecule has 1 N–H and O–H groups in total. The van der Waals surface area contributed by atoms with Crippen LogP contribution in [0, 0.1) is 5.92 Å². The van der Waals surface area contributed by atoms with Gasteiger partial charge in [-0.25, -0.2) is 4.99 Å². The van der Waals surface area contributed by atoms with Crippen molar-refractivity contribution < 1.29 is 19.1 Å². The molecule has 0 bridgehead atoms. The van der Waals surface area contributed by atoms with Crippen LogP contribution in [0.5, 0.6) is 5.75 Å². The molecule has 0 saturated carbocycles. The van der Waals surface area contributed by atoms with E-state index in [4.69, 9.17) is 16.3 Å². The molecule has 3 rings (SSSR count). The van der Waals surface area contributed by atoms with E-state index in [0.29, 0.717) is 23.9 Å². The molecule has 2 aliphatic heterocycles. The normalized spacial score (nSPS) is 19.2. The Labute approximate surface area is 149 Å². The number of rotatable bonds is 4. The number of carbonyl (C=O) groups is 3. The number of fused-ring (bicyclic) bond motifs is 1. The van der Waals surface area contributed by atoms with Crippen molar-refractivity contribution in [2.45, 2.75) is 6.54 Å². The molecule has 0 aliphatic carbocycles. The minimum Gasteiger partial charge on any atom is -0.483 e. The van der Waals surface area contributed by atoms with Gasteiger partial charge in [0.25, 0.3) is 11.8 Å². The molecule has 1 atom stereocenters. The van der Waals surface area contributed by atoms with Gasteiger partial charge in [0.05, 0.1) is 5.92 Å². The number of aliphatic imine (C=N–C) groups is 1. The van der Waals surface area contributed by atoms with Gasteiger partial charge in [0, 0.05) is 42.5 Å². The lowest BCUT2D eigenvalue weighted by atomic mass is 10.1. The summed E-state index contributed by atoms with van der Waals surface area (Å²) in [5, 5.41) is 3.31. The highest BCUT2D eigenvalue weighted by Gasteiger charge is 2.22. The molecule has 25 heavy (non-hydrogen) atoms. The van der Waals surface area contributed by atoms with Gasteiger partial charge in [0.15, 0.2) is 6.61 Å². The van der Waals surface area contributed by atoms with Gasteiger partial charge in [0.2, 0.25) is 5.91 Å². The van der Waals surface area contributed by atoms with E-state index in [-0.39, 0.29) is 30.9 Å². The number of halogens is 1. The fourth-order valence-electron chi connectivity index (χ4n) is 2.56. The molecule has 2 aliphatic rings. The highest BCUT2D eigenvalue weighted by atomic mass is 35.5. The minimum absolute atomic E-state index is 0.0529. The van der Waals surface area contributed by atoms with Crippen molar-refractivity contribution in [3.63, 3.8) is 0 Å². The molecule has 1 unspecified atom stereocenters. The number of dihydropyridines is 1. The number of amides is 3. The fourth-order valence-corrected chi connectivity index (χ4v) is 2.75. The summed E-state index contributed by atoms with van der Waals surface area (Å²) in [4.78, 5) is 40.3. The molecule has 0 saturated heterocycles. The Kier molecular flexibility index (Phi) is 5.14. The molecule has 1 aromatic carbocycles. The van der Waals surface area contributed by atoms with Crippen molar-refractivity contribution in [2.75, 3.05) is 19.7 Å². The molecular formula is C17H16ClN3O4. The van der Waals surface area contributed by atoms with E-state index in [1.807, 2.05) is 0 Å². The Morgan fingerprint density at radius 2 is 2.24 bits per heavy atom. The summed E-state index contributed by atoms with van der Waals surface area (Å²) in [7, 11) is 0. The molecule has 0 spiro atoms. The summed E-state index contributed by atoms with van der Waals surface area (Å²) < 4.78 is 5.48. The first kappa shape index (κ1) is 17.2. The zero-order valence-corrected chi connectivity index (χ0v) is 14.0. The van der Waals surface area contributed by atoms with E-state index in [1.165, 1.54) is 18.4 Å². The van der Waals surface area contributed by atoms with Gasteiger partial charge in [-0.05, 0) is 18.2 Å².